The molecule has 1 aliphatic rings. The smallest absolute Gasteiger partial charge is 0.420 e. The number of likely N-dealkylation sites (N-methyl/N-ethyl adjacent to an activating group) is 1. The fraction of sp³-hybridized carbons (Fsp3) is 0.400. The molecule has 1 aliphatic heterocycles. The number of piperazine rings is 1. The number of halogens is 1. The predicted octanol–water partition coefficient (Wildman–Crippen LogP) is 5.61. The Labute approximate surface area is 243 Å². The van der Waals surface area contributed by atoms with Gasteiger partial charge < -0.3 is 9.64 Å². The summed E-state index contributed by atoms with van der Waals surface area (Å²) in [6, 6.07) is 17.9. The third-order valence-corrected chi connectivity index (χ3v) is 7.77. The maximum atomic E-state index is 13.9. The number of hydrogen-bond acceptors (Lipinski definition) is 7. The summed E-state index contributed by atoms with van der Waals surface area (Å²) in [5, 5.41) is 5.36. The van der Waals surface area contributed by atoms with Crippen molar-refractivity contribution in [2.45, 2.75) is 39.3 Å². The molecule has 9 nitrogen and oxygen atoms in total. The number of carbonyl (C=O) groups is 1. The highest BCUT2D eigenvalue weighted by molar-refractivity contribution is 9.10. The molecule has 2 aromatic heterocycles. The monoisotopic (exact) mass is 605 g/mol. The lowest BCUT2D eigenvalue weighted by molar-refractivity contribution is 0.0680. The topological polar surface area (TPSA) is 79.6 Å². The Morgan fingerprint density at radius 2 is 1.77 bits per heavy atom. The molecule has 0 spiro atoms. The lowest BCUT2D eigenvalue weighted by atomic mass is 10.0. The first-order valence-corrected chi connectivity index (χ1v) is 14.5. The summed E-state index contributed by atoms with van der Waals surface area (Å²) in [7, 11) is 2.13. The predicted molar refractivity (Wildman–Crippen MR) is 161 cm³/mol. The molecule has 40 heavy (non-hydrogen) atoms. The second-order valence-electron chi connectivity index (χ2n) is 10.6. The number of fused-ring (bicyclic) bond motifs is 1. The van der Waals surface area contributed by atoms with Crippen LogP contribution in [-0.4, -0.2) is 81.5 Å². The minimum Gasteiger partial charge on any atom is -0.444 e. The summed E-state index contributed by atoms with van der Waals surface area (Å²) >= 11 is 3.55. The van der Waals surface area contributed by atoms with Crippen LogP contribution in [0.1, 0.15) is 31.2 Å². The number of anilines is 2. The van der Waals surface area contributed by atoms with Crippen molar-refractivity contribution in [2.75, 3.05) is 44.7 Å². The molecule has 2 atom stereocenters. The second-order valence-corrected chi connectivity index (χ2v) is 11.5. The molecule has 1 saturated heterocycles. The number of benzene rings is 2. The molecule has 5 rings (SSSR count). The Morgan fingerprint density at radius 3 is 2.50 bits per heavy atom. The average molecular weight is 607 g/mol. The average Bonchev–Trinajstić information content (AvgIpc) is 3.32. The fourth-order valence-electron chi connectivity index (χ4n) is 5.08. The van der Waals surface area contributed by atoms with Gasteiger partial charge in [0.15, 0.2) is 11.5 Å². The van der Waals surface area contributed by atoms with Crippen LogP contribution >= 0.6 is 15.9 Å². The van der Waals surface area contributed by atoms with Crippen LogP contribution in [0.15, 0.2) is 65.3 Å². The van der Waals surface area contributed by atoms with E-state index in [9.17, 15) is 4.79 Å². The van der Waals surface area contributed by atoms with Gasteiger partial charge in [0, 0.05) is 49.7 Å². The van der Waals surface area contributed by atoms with E-state index in [1.54, 1.807) is 6.20 Å². The van der Waals surface area contributed by atoms with Crippen molar-refractivity contribution < 1.29 is 9.53 Å². The van der Waals surface area contributed by atoms with Gasteiger partial charge in [0.05, 0.1) is 17.3 Å². The van der Waals surface area contributed by atoms with Crippen molar-refractivity contribution in [3.05, 3.63) is 76.7 Å². The lowest BCUT2D eigenvalue weighted by Gasteiger charge is -2.34. The van der Waals surface area contributed by atoms with Crippen molar-refractivity contribution in [1.82, 2.24) is 29.5 Å². The van der Waals surface area contributed by atoms with Crippen LogP contribution in [0.4, 0.5) is 16.3 Å². The standard InChI is InChI=1S/C30H36BrN7O2/c1-21(24-9-6-5-7-10-24)19-37-28-27(18-32-37)29(34-23(3)33-28)38(26-12-8-11-25(31)17-26)30(39)40-22(2)20-36-15-13-35(4)14-16-36/h5-12,17-18,21-22H,13-16,19-20H2,1-4H3. The van der Waals surface area contributed by atoms with E-state index in [1.165, 1.54) is 10.5 Å². The van der Waals surface area contributed by atoms with Crippen molar-refractivity contribution in [1.29, 1.82) is 0 Å². The van der Waals surface area contributed by atoms with Crippen LogP contribution in [0.5, 0.6) is 0 Å². The van der Waals surface area contributed by atoms with Gasteiger partial charge in [-0.3, -0.25) is 4.90 Å². The number of hydrogen-bond donors (Lipinski definition) is 0. The molecule has 0 saturated carbocycles. The lowest BCUT2D eigenvalue weighted by Crippen LogP contribution is -2.47. The minimum atomic E-state index is -0.482. The highest BCUT2D eigenvalue weighted by atomic mass is 79.9. The van der Waals surface area contributed by atoms with Crippen molar-refractivity contribution in [3.63, 3.8) is 0 Å². The first-order valence-electron chi connectivity index (χ1n) is 13.7. The van der Waals surface area contributed by atoms with Gasteiger partial charge in [0.2, 0.25) is 0 Å². The SMILES string of the molecule is Cc1nc(N(C(=O)OC(C)CN2CCN(C)CC2)c2cccc(Br)c2)c2cnn(CC(C)c3ccccc3)c2n1. The van der Waals surface area contributed by atoms with Gasteiger partial charge in [-0.15, -0.1) is 0 Å². The number of aryl methyl sites for hydroxylation is 1. The quantitative estimate of drug-likeness (QED) is 0.258. The summed E-state index contributed by atoms with van der Waals surface area (Å²) < 4.78 is 8.78. The summed E-state index contributed by atoms with van der Waals surface area (Å²) in [5.74, 6) is 1.23. The number of amides is 1. The summed E-state index contributed by atoms with van der Waals surface area (Å²) in [5.41, 5.74) is 2.56. The first kappa shape index (κ1) is 28.2. The molecule has 1 fully saturated rings. The van der Waals surface area contributed by atoms with Gasteiger partial charge in [-0.05, 0) is 44.7 Å². The van der Waals surface area contributed by atoms with Crippen LogP contribution in [0.25, 0.3) is 11.0 Å². The molecule has 0 N–H and O–H groups in total. The number of aromatic nitrogens is 4. The molecule has 4 aromatic rings. The number of rotatable bonds is 8. The van der Waals surface area contributed by atoms with E-state index in [0.717, 1.165) is 30.7 Å². The molecule has 2 aromatic carbocycles. The highest BCUT2D eigenvalue weighted by Gasteiger charge is 2.28. The number of ether oxygens (including phenoxy) is 1. The van der Waals surface area contributed by atoms with E-state index in [-0.39, 0.29) is 12.0 Å². The zero-order valence-corrected chi connectivity index (χ0v) is 25.1. The van der Waals surface area contributed by atoms with Crippen molar-refractivity contribution in [2.24, 2.45) is 0 Å². The zero-order valence-electron chi connectivity index (χ0n) is 23.5. The van der Waals surface area contributed by atoms with Crippen LogP contribution in [-0.2, 0) is 11.3 Å². The Morgan fingerprint density at radius 1 is 1.02 bits per heavy atom. The van der Waals surface area contributed by atoms with Gasteiger partial charge in [0.1, 0.15) is 11.9 Å². The normalized spacial score (nSPS) is 16.1. The van der Waals surface area contributed by atoms with Crippen LogP contribution < -0.4 is 4.90 Å². The molecule has 0 aliphatic carbocycles. The molecule has 1 amide bonds. The molecule has 0 bridgehead atoms. The Balaban J connectivity index is 1.46. The van der Waals surface area contributed by atoms with Crippen LogP contribution in [0, 0.1) is 6.92 Å². The summed E-state index contributed by atoms with van der Waals surface area (Å²) in [4.78, 5) is 29.5. The van der Waals surface area contributed by atoms with Crippen molar-refractivity contribution >= 4 is 44.6 Å². The highest BCUT2D eigenvalue weighted by Crippen LogP contribution is 2.33. The molecular weight excluding hydrogens is 570 g/mol. The van der Waals surface area contributed by atoms with Gasteiger partial charge in [-0.25, -0.2) is 24.3 Å². The second kappa shape index (κ2) is 12.4. The molecule has 210 valence electrons. The summed E-state index contributed by atoms with van der Waals surface area (Å²) in [6.07, 6.45) is 0.969. The van der Waals surface area contributed by atoms with E-state index >= 15 is 0 Å². The molecule has 3 heterocycles. The van der Waals surface area contributed by atoms with Gasteiger partial charge in [-0.2, -0.15) is 5.10 Å². The van der Waals surface area contributed by atoms with Crippen LogP contribution in [0.3, 0.4) is 0 Å². The van der Waals surface area contributed by atoms with Gasteiger partial charge >= 0.3 is 6.09 Å². The largest absolute Gasteiger partial charge is 0.444 e. The van der Waals surface area contributed by atoms with E-state index in [4.69, 9.17) is 14.7 Å². The van der Waals surface area contributed by atoms with Crippen molar-refractivity contribution in [3.8, 4) is 0 Å². The third-order valence-electron chi connectivity index (χ3n) is 7.28. The van der Waals surface area contributed by atoms with E-state index in [2.05, 4.69) is 56.9 Å². The van der Waals surface area contributed by atoms with Gasteiger partial charge in [0.25, 0.3) is 0 Å². The molecule has 0 radical (unpaired) electrons. The number of carbonyl (C=O) groups excluding carboxylic acids is 1. The van der Waals surface area contributed by atoms with E-state index in [0.29, 0.717) is 41.5 Å². The Kier molecular flexibility index (Phi) is 8.78. The fourth-order valence-corrected chi connectivity index (χ4v) is 5.47. The number of nitrogens with zero attached hydrogens (tertiary/aromatic N) is 7. The molecule has 10 heteroatoms. The maximum absolute atomic E-state index is 13.9. The first-order chi connectivity index (χ1) is 19.3. The minimum absolute atomic E-state index is 0.226. The Hall–Kier alpha value is -3.34. The van der Waals surface area contributed by atoms with Gasteiger partial charge in [-0.1, -0.05) is 59.3 Å². The van der Waals surface area contributed by atoms with E-state index < -0.39 is 6.09 Å². The Bertz CT molecular complexity index is 1450. The molecule has 2 unspecified atom stereocenters. The zero-order chi connectivity index (χ0) is 28.2. The van der Waals surface area contributed by atoms with Crippen LogP contribution in [0.2, 0.25) is 0 Å². The maximum Gasteiger partial charge on any atom is 0.420 e. The third kappa shape index (κ3) is 6.51. The van der Waals surface area contributed by atoms with E-state index in [1.807, 2.05) is 61.0 Å². The molecular formula is C30H36BrN7O2. The summed E-state index contributed by atoms with van der Waals surface area (Å²) in [6.45, 7) is 11.2.